The Labute approximate surface area is 93.2 Å². The average Bonchev–Trinajstić information content (AvgIpc) is 2.13. The van der Waals surface area contributed by atoms with E-state index in [1.165, 1.54) is 12.2 Å². The standard InChI is InChI=1S/C11H25NOS/c1-10(2)9-13-7-6-12-11(3)5-8-14-4/h10-12H,5-9H2,1-4H3. The molecule has 0 saturated carbocycles. The number of hydrogen-bond donors (Lipinski definition) is 1. The summed E-state index contributed by atoms with van der Waals surface area (Å²) in [5.74, 6) is 1.88. The fourth-order valence-electron chi connectivity index (χ4n) is 1.09. The van der Waals surface area contributed by atoms with Gasteiger partial charge in [-0.25, -0.2) is 0 Å². The lowest BCUT2D eigenvalue weighted by Gasteiger charge is -2.13. The predicted octanol–water partition coefficient (Wildman–Crippen LogP) is 2.39. The maximum atomic E-state index is 5.48. The normalized spacial score (nSPS) is 13.5. The van der Waals surface area contributed by atoms with E-state index in [1.54, 1.807) is 0 Å². The molecule has 2 nitrogen and oxygen atoms in total. The van der Waals surface area contributed by atoms with Crippen LogP contribution in [0.4, 0.5) is 0 Å². The molecule has 0 saturated heterocycles. The topological polar surface area (TPSA) is 21.3 Å². The number of rotatable bonds is 9. The second kappa shape index (κ2) is 9.81. The first kappa shape index (κ1) is 14.3. The molecule has 0 spiro atoms. The van der Waals surface area contributed by atoms with Crippen molar-refractivity contribution in [1.29, 1.82) is 0 Å². The van der Waals surface area contributed by atoms with Gasteiger partial charge in [-0.05, 0) is 31.3 Å². The maximum absolute atomic E-state index is 5.48. The molecule has 0 bridgehead atoms. The van der Waals surface area contributed by atoms with E-state index in [-0.39, 0.29) is 0 Å². The fourth-order valence-corrected chi connectivity index (χ4v) is 1.68. The molecule has 0 aromatic rings. The molecule has 0 aliphatic rings. The van der Waals surface area contributed by atoms with Crippen LogP contribution in [0.15, 0.2) is 0 Å². The van der Waals surface area contributed by atoms with Crippen LogP contribution >= 0.6 is 11.8 Å². The Balaban J connectivity index is 3.10. The number of ether oxygens (including phenoxy) is 1. The van der Waals surface area contributed by atoms with Crippen LogP contribution in [0.5, 0.6) is 0 Å². The van der Waals surface area contributed by atoms with Crippen molar-refractivity contribution in [3.05, 3.63) is 0 Å². The summed E-state index contributed by atoms with van der Waals surface area (Å²) in [6.07, 6.45) is 3.39. The van der Waals surface area contributed by atoms with E-state index in [0.29, 0.717) is 12.0 Å². The molecule has 0 aromatic heterocycles. The summed E-state index contributed by atoms with van der Waals surface area (Å²) in [5, 5.41) is 3.45. The van der Waals surface area contributed by atoms with Gasteiger partial charge in [-0.15, -0.1) is 0 Å². The van der Waals surface area contributed by atoms with E-state index in [4.69, 9.17) is 4.74 Å². The zero-order valence-corrected chi connectivity index (χ0v) is 10.8. The van der Waals surface area contributed by atoms with Crippen LogP contribution in [0.1, 0.15) is 27.2 Å². The van der Waals surface area contributed by atoms with Crippen molar-refractivity contribution < 1.29 is 4.74 Å². The molecule has 0 radical (unpaired) electrons. The Morgan fingerprint density at radius 1 is 1.29 bits per heavy atom. The highest BCUT2D eigenvalue weighted by atomic mass is 32.2. The van der Waals surface area contributed by atoms with Gasteiger partial charge in [0, 0.05) is 19.2 Å². The van der Waals surface area contributed by atoms with Crippen LogP contribution < -0.4 is 5.32 Å². The first-order valence-corrected chi connectivity index (χ1v) is 6.86. The molecule has 86 valence electrons. The molecule has 0 heterocycles. The Morgan fingerprint density at radius 3 is 2.57 bits per heavy atom. The second-order valence-electron chi connectivity index (χ2n) is 4.11. The SMILES string of the molecule is CSCCC(C)NCCOCC(C)C. The van der Waals surface area contributed by atoms with Crippen LogP contribution in [-0.4, -0.2) is 37.8 Å². The minimum absolute atomic E-state index is 0.616. The maximum Gasteiger partial charge on any atom is 0.0591 e. The van der Waals surface area contributed by atoms with Gasteiger partial charge in [0.1, 0.15) is 0 Å². The van der Waals surface area contributed by atoms with E-state index < -0.39 is 0 Å². The van der Waals surface area contributed by atoms with E-state index in [0.717, 1.165) is 19.8 Å². The number of thioether (sulfide) groups is 1. The molecule has 14 heavy (non-hydrogen) atoms. The second-order valence-corrected chi connectivity index (χ2v) is 5.09. The van der Waals surface area contributed by atoms with Gasteiger partial charge in [0.2, 0.25) is 0 Å². The minimum Gasteiger partial charge on any atom is -0.380 e. The Bertz CT molecular complexity index is 120. The Kier molecular flexibility index (Phi) is 10.0. The van der Waals surface area contributed by atoms with Gasteiger partial charge in [0.05, 0.1) is 6.61 Å². The van der Waals surface area contributed by atoms with Crippen molar-refractivity contribution >= 4 is 11.8 Å². The predicted molar refractivity (Wildman–Crippen MR) is 66.1 cm³/mol. The molecule has 1 N–H and O–H groups in total. The largest absolute Gasteiger partial charge is 0.380 e. The molecule has 0 aliphatic carbocycles. The zero-order valence-electron chi connectivity index (χ0n) is 10.0. The minimum atomic E-state index is 0.616. The van der Waals surface area contributed by atoms with Crippen molar-refractivity contribution in [3.8, 4) is 0 Å². The van der Waals surface area contributed by atoms with Crippen molar-refractivity contribution in [1.82, 2.24) is 5.32 Å². The van der Waals surface area contributed by atoms with E-state index in [2.05, 4.69) is 32.3 Å². The molecule has 3 heteroatoms. The van der Waals surface area contributed by atoms with Crippen molar-refractivity contribution in [2.45, 2.75) is 33.2 Å². The first-order valence-electron chi connectivity index (χ1n) is 5.47. The molecule has 0 fully saturated rings. The van der Waals surface area contributed by atoms with Gasteiger partial charge in [0.25, 0.3) is 0 Å². The summed E-state index contributed by atoms with van der Waals surface area (Å²) < 4.78 is 5.48. The molecule has 1 atom stereocenters. The molecule has 0 rings (SSSR count). The van der Waals surface area contributed by atoms with Crippen molar-refractivity contribution in [3.63, 3.8) is 0 Å². The fraction of sp³-hybridized carbons (Fsp3) is 1.00. The van der Waals surface area contributed by atoms with Gasteiger partial charge >= 0.3 is 0 Å². The molecule has 0 aliphatic heterocycles. The van der Waals surface area contributed by atoms with E-state index >= 15 is 0 Å². The zero-order chi connectivity index (χ0) is 10.8. The van der Waals surface area contributed by atoms with Gasteiger partial charge in [-0.3, -0.25) is 0 Å². The van der Waals surface area contributed by atoms with E-state index in [1.807, 2.05) is 11.8 Å². The molecular weight excluding hydrogens is 194 g/mol. The smallest absolute Gasteiger partial charge is 0.0591 e. The first-order chi connectivity index (χ1) is 6.66. The highest BCUT2D eigenvalue weighted by Crippen LogP contribution is 1.99. The summed E-state index contributed by atoms with van der Waals surface area (Å²) >= 11 is 1.91. The summed E-state index contributed by atoms with van der Waals surface area (Å²) in [5.41, 5.74) is 0. The lowest BCUT2D eigenvalue weighted by Crippen LogP contribution is -2.30. The highest BCUT2D eigenvalue weighted by molar-refractivity contribution is 7.98. The summed E-state index contributed by atoms with van der Waals surface area (Å²) in [7, 11) is 0. The van der Waals surface area contributed by atoms with Crippen LogP contribution in [0, 0.1) is 5.92 Å². The van der Waals surface area contributed by atoms with E-state index in [9.17, 15) is 0 Å². The van der Waals surface area contributed by atoms with Crippen molar-refractivity contribution in [2.75, 3.05) is 31.8 Å². The van der Waals surface area contributed by atoms with Crippen molar-refractivity contribution in [2.24, 2.45) is 5.92 Å². The van der Waals surface area contributed by atoms with Gasteiger partial charge in [-0.2, -0.15) is 11.8 Å². The lowest BCUT2D eigenvalue weighted by atomic mass is 10.2. The monoisotopic (exact) mass is 219 g/mol. The van der Waals surface area contributed by atoms with Crippen LogP contribution in [-0.2, 0) is 4.74 Å². The third-order valence-corrected chi connectivity index (χ3v) is 2.59. The average molecular weight is 219 g/mol. The molecule has 1 unspecified atom stereocenters. The van der Waals surface area contributed by atoms with Gasteiger partial charge in [0.15, 0.2) is 0 Å². The quantitative estimate of drug-likeness (QED) is 0.602. The van der Waals surface area contributed by atoms with Crippen LogP contribution in [0.25, 0.3) is 0 Å². The summed E-state index contributed by atoms with van der Waals surface area (Å²) in [6.45, 7) is 9.27. The number of hydrogen-bond acceptors (Lipinski definition) is 3. The highest BCUT2D eigenvalue weighted by Gasteiger charge is 1.99. The summed E-state index contributed by atoms with van der Waals surface area (Å²) in [6, 6.07) is 0.616. The third kappa shape index (κ3) is 10.4. The van der Waals surface area contributed by atoms with Crippen LogP contribution in [0.3, 0.4) is 0 Å². The molecule has 0 aromatic carbocycles. The molecule has 0 amide bonds. The lowest BCUT2D eigenvalue weighted by molar-refractivity contribution is 0.110. The Hall–Kier alpha value is 0.270. The van der Waals surface area contributed by atoms with Gasteiger partial charge in [-0.1, -0.05) is 13.8 Å². The van der Waals surface area contributed by atoms with Crippen LogP contribution in [0.2, 0.25) is 0 Å². The molecular formula is C11H25NOS. The third-order valence-electron chi connectivity index (χ3n) is 1.95. The van der Waals surface area contributed by atoms with Gasteiger partial charge < -0.3 is 10.1 Å². The Morgan fingerprint density at radius 2 is 2.00 bits per heavy atom. The number of nitrogens with one attached hydrogen (secondary N) is 1. The summed E-state index contributed by atoms with van der Waals surface area (Å²) in [4.78, 5) is 0.